The van der Waals surface area contributed by atoms with Gasteiger partial charge in [-0.25, -0.2) is 4.98 Å². The number of piperidine rings is 1. The minimum absolute atomic E-state index is 0.0327. The molecule has 0 saturated carbocycles. The summed E-state index contributed by atoms with van der Waals surface area (Å²) in [5.74, 6) is 3.32. The van der Waals surface area contributed by atoms with E-state index in [9.17, 15) is 4.79 Å². The second-order valence-electron chi connectivity index (χ2n) is 10.6. The van der Waals surface area contributed by atoms with Crippen LogP contribution in [0.4, 0.5) is 23.1 Å². The number of fused-ring (bicyclic) bond motifs is 1. The molecule has 3 aromatic rings. The topological polar surface area (TPSA) is 83.1 Å². The van der Waals surface area contributed by atoms with Gasteiger partial charge in [0.1, 0.15) is 23.2 Å². The Labute approximate surface area is 237 Å². The van der Waals surface area contributed by atoms with Gasteiger partial charge in [-0.1, -0.05) is 25.1 Å². The minimum Gasteiger partial charge on any atom is -0.497 e. The molecule has 9 heteroatoms. The van der Waals surface area contributed by atoms with Crippen molar-refractivity contribution in [3.8, 4) is 11.5 Å². The van der Waals surface area contributed by atoms with Gasteiger partial charge in [-0.05, 0) is 87.6 Å². The van der Waals surface area contributed by atoms with E-state index < -0.39 is 0 Å². The van der Waals surface area contributed by atoms with Crippen LogP contribution in [0.15, 0.2) is 48.7 Å². The monoisotopic (exact) mass is 544 g/mol. The lowest BCUT2D eigenvalue weighted by atomic mass is 9.89. The first-order valence-corrected chi connectivity index (χ1v) is 14.2. The van der Waals surface area contributed by atoms with Crippen molar-refractivity contribution >= 4 is 29.0 Å². The number of nitrogens with zero attached hydrogens (tertiary/aromatic N) is 5. The molecule has 1 fully saturated rings. The van der Waals surface area contributed by atoms with E-state index in [-0.39, 0.29) is 11.9 Å². The summed E-state index contributed by atoms with van der Waals surface area (Å²) in [6, 6.07) is 14.0. The minimum atomic E-state index is -0.334. The second kappa shape index (κ2) is 12.1. The van der Waals surface area contributed by atoms with Crippen LogP contribution in [-0.4, -0.2) is 67.7 Å². The third-order valence-electron chi connectivity index (χ3n) is 7.99. The van der Waals surface area contributed by atoms with Gasteiger partial charge in [0.25, 0.3) is 0 Å². The number of likely N-dealkylation sites (N-methyl/N-ethyl adjacent to an activating group) is 1. The van der Waals surface area contributed by atoms with Crippen LogP contribution in [0, 0.1) is 0 Å². The average molecular weight is 545 g/mol. The lowest BCUT2D eigenvalue weighted by Gasteiger charge is -2.40. The highest BCUT2D eigenvalue weighted by atomic mass is 16.5. The van der Waals surface area contributed by atoms with Crippen molar-refractivity contribution in [2.75, 3.05) is 56.0 Å². The maximum absolute atomic E-state index is 13.3. The SMILES string of the molecule is CCOc1cc(C2CCN(C)CC2)ccc1Nc1ncc2c(n1)N(Cc1cccc(OC)c1)[C@H](CC)C(=O)N2C. The number of carbonyl (C=O) groups excluding carboxylic acids is 1. The number of carbonyl (C=O) groups is 1. The molecule has 1 aromatic heterocycles. The summed E-state index contributed by atoms with van der Waals surface area (Å²) in [5, 5.41) is 3.40. The van der Waals surface area contributed by atoms with E-state index in [1.54, 1.807) is 25.3 Å². The Hall–Kier alpha value is -3.85. The Bertz CT molecular complexity index is 1340. The quantitative estimate of drug-likeness (QED) is 0.394. The molecule has 2 aromatic carbocycles. The summed E-state index contributed by atoms with van der Waals surface area (Å²) in [5.41, 5.74) is 3.86. The molecule has 5 rings (SSSR count). The van der Waals surface area contributed by atoms with Gasteiger partial charge in [-0.2, -0.15) is 4.98 Å². The smallest absolute Gasteiger partial charge is 0.249 e. The number of nitrogens with one attached hydrogen (secondary N) is 1. The van der Waals surface area contributed by atoms with Gasteiger partial charge in [0.15, 0.2) is 5.82 Å². The van der Waals surface area contributed by atoms with E-state index >= 15 is 0 Å². The summed E-state index contributed by atoms with van der Waals surface area (Å²) < 4.78 is 11.5. The van der Waals surface area contributed by atoms with E-state index in [2.05, 4.69) is 45.3 Å². The molecule has 0 spiro atoms. The fourth-order valence-corrected chi connectivity index (χ4v) is 5.68. The lowest BCUT2D eigenvalue weighted by molar-refractivity contribution is -0.120. The van der Waals surface area contributed by atoms with Crippen molar-refractivity contribution in [1.29, 1.82) is 0 Å². The Morgan fingerprint density at radius 2 is 1.88 bits per heavy atom. The van der Waals surface area contributed by atoms with Crippen molar-refractivity contribution in [2.45, 2.75) is 51.6 Å². The van der Waals surface area contributed by atoms with Crippen LogP contribution < -0.4 is 24.6 Å². The third-order valence-corrected chi connectivity index (χ3v) is 7.99. The molecular formula is C31H40N6O3. The number of hydrogen-bond acceptors (Lipinski definition) is 8. The molecule has 0 bridgehead atoms. The van der Waals surface area contributed by atoms with Gasteiger partial charge in [-0.3, -0.25) is 4.79 Å². The van der Waals surface area contributed by atoms with Crippen molar-refractivity contribution in [2.24, 2.45) is 0 Å². The van der Waals surface area contributed by atoms with Crippen molar-refractivity contribution in [3.63, 3.8) is 0 Å². The molecule has 0 aliphatic carbocycles. The Kier molecular flexibility index (Phi) is 8.40. The van der Waals surface area contributed by atoms with Crippen LogP contribution in [0.2, 0.25) is 0 Å². The molecule has 1 atom stereocenters. The van der Waals surface area contributed by atoms with Crippen molar-refractivity contribution < 1.29 is 14.3 Å². The maximum Gasteiger partial charge on any atom is 0.249 e. The fourth-order valence-electron chi connectivity index (χ4n) is 5.68. The van der Waals surface area contributed by atoms with Gasteiger partial charge < -0.3 is 29.5 Å². The number of benzene rings is 2. The Morgan fingerprint density at radius 1 is 1.07 bits per heavy atom. The van der Waals surface area contributed by atoms with Crippen LogP contribution in [0.3, 0.4) is 0 Å². The van der Waals surface area contributed by atoms with Crippen molar-refractivity contribution in [3.05, 3.63) is 59.8 Å². The molecule has 1 amide bonds. The van der Waals surface area contributed by atoms with E-state index in [1.807, 2.05) is 38.1 Å². The number of methoxy groups -OCH3 is 1. The summed E-state index contributed by atoms with van der Waals surface area (Å²) in [4.78, 5) is 28.9. The zero-order chi connectivity index (χ0) is 28.2. The molecule has 40 heavy (non-hydrogen) atoms. The first kappa shape index (κ1) is 27.7. The fraction of sp³-hybridized carbons (Fsp3) is 0.452. The van der Waals surface area contributed by atoms with Gasteiger partial charge in [0.2, 0.25) is 11.9 Å². The van der Waals surface area contributed by atoms with Crippen molar-refractivity contribution in [1.82, 2.24) is 14.9 Å². The highest BCUT2D eigenvalue weighted by Crippen LogP contribution is 2.38. The molecule has 3 heterocycles. The van der Waals surface area contributed by atoms with Gasteiger partial charge >= 0.3 is 0 Å². The molecule has 9 nitrogen and oxygen atoms in total. The zero-order valence-corrected chi connectivity index (χ0v) is 24.2. The zero-order valence-electron chi connectivity index (χ0n) is 24.2. The second-order valence-corrected chi connectivity index (χ2v) is 10.6. The molecule has 0 radical (unpaired) electrons. The number of likely N-dealkylation sites (tertiary alicyclic amines) is 1. The third kappa shape index (κ3) is 5.70. The summed E-state index contributed by atoms with van der Waals surface area (Å²) in [6.07, 6.45) is 4.68. The van der Waals surface area contributed by atoms with Gasteiger partial charge in [0.05, 0.1) is 25.6 Å². The number of hydrogen-bond donors (Lipinski definition) is 1. The van der Waals surface area contributed by atoms with Crippen LogP contribution >= 0.6 is 0 Å². The highest BCUT2D eigenvalue weighted by molar-refractivity contribution is 6.04. The Balaban J connectivity index is 1.46. The summed E-state index contributed by atoms with van der Waals surface area (Å²) in [7, 11) is 5.63. The molecule has 0 unspecified atom stereocenters. The first-order chi connectivity index (χ1) is 19.4. The average Bonchev–Trinajstić information content (AvgIpc) is 2.97. The van der Waals surface area contributed by atoms with E-state index in [0.717, 1.165) is 54.5 Å². The normalized spacial score (nSPS) is 18.0. The number of ether oxygens (including phenoxy) is 2. The Morgan fingerprint density at radius 3 is 2.60 bits per heavy atom. The standard InChI is InChI=1S/C31H40N6O3/c1-6-26-30(38)36(4)27-19-32-31(34-29(27)37(26)20-21-9-8-10-24(17-21)39-5)33-25-12-11-23(18-28(25)40-7-2)22-13-15-35(3)16-14-22/h8-12,17-19,22,26H,6-7,13-16,20H2,1-5H3,(H,32,33,34)/t26-/m1/s1. The summed E-state index contributed by atoms with van der Waals surface area (Å²) >= 11 is 0. The predicted octanol–water partition coefficient (Wildman–Crippen LogP) is 5.20. The highest BCUT2D eigenvalue weighted by Gasteiger charge is 2.37. The molecule has 1 saturated heterocycles. The predicted molar refractivity (Wildman–Crippen MR) is 159 cm³/mol. The van der Waals surface area contributed by atoms with Crippen LogP contribution in [0.5, 0.6) is 11.5 Å². The van der Waals surface area contributed by atoms with Gasteiger partial charge in [-0.15, -0.1) is 0 Å². The van der Waals surface area contributed by atoms with E-state index in [4.69, 9.17) is 14.5 Å². The molecule has 1 N–H and O–H groups in total. The van der Waals surface area contributed by atoms with Crippen LogP contribution in [0.25, 0.3) is 0 Å². The number of anilines is 4. The number of amides is 1. The molecular weight excluding hydrogens is 504 g/mol. The maximum atomic E-state index is 13.3. The van der Waals surface area contributed by atoms with E-state index in [1.165, 1.54) is 5.56 Å². The largest absolute Gasteiger partial charge is 0.497 e. The lowest BCUT2D eigenvalue weighted by Crippen LogP contribution is -2.52. The van der Waals surface area contributed by atoms with Crippen LogP contribution in [-0.2, 0) is 11.3 Å². The number of aromatic nitrogens is 2. The number of rotatable bonds is 9. The molecule has 2 aliphatic heterocycles. The molecule has 212 valence electrons. The molecule has 2 aliphatic rings. The van der Waals surface area contributed by atoms with E-state index in [0.29, 0.717) is 37.1 Å². The first-order valence-electron chi connectivity index (χ1n) is 14.2. The summed E-state index contributed by atoms with van der Waals surface area (Å²) in [6.45, 7) is 7.33. The van der Waals surface area contributed by atoms with Crippen LogP contribution in [0.1, 0.15) is 50.2 Å². The van der Waals surface area contributed by atoms with Gasteiger partial charge in [0, 0.05) is 13.6 Å².